The molecule has 0 aromatic carbocycles. The van der Waals surface area contributed by atoms with Crippen LogP contribution in [0.1, 0.15) is 38.9 Å². The summed E-state index contributed by atoms with van der Waals surface area (Å²) < 4.78 is 7.88. The van der Waals surface area contributed by atoms with Gasteiger partial charge in [0.2, 0.25) is 0 Å². The summed E-state index contributed by atoms with van der Waals surface area (Å²) in [5, 5.41) is 4.33. The number of likely N-dealkylation sites (tertiary alicyclic amines) is 1. The second-order valence-corrected chi connectivity index (χ2v) is 6.24. The SMILES string of the molecule is CC(C)Cn1ncnc1CN1CCC(OCCCN)CC1. The van der Waals surface area contributed by atoms with Gasteiger partial charge in [-0.3, -0.25) is 4.90 Å². The zero-order chi connectivity index (χ0) is 15.1. The summed E-state index contributed by atoms with van der Waals surface area (Å²) in [5.74, 6) is 1.67. The van der Waals surface area contributed by atoms with Gasteiger partial charge in [-0.2, -0.15) is 5.10 Å². The molecule has 1 aromatic heterocycles. The second-order valence-electron chi connectivity index (χ2n) is 6.24. The number of hydrogen-bond acceptors (Lipinski definition) is 5. The molecule has 1 fully saturated rings. The molecule has 0 aliphatic carbocycles. The fourth-order valence-corrected chi connectivity index (χ4v) is 2.68. The average Bonchev–Trinajstić information content (AvgIpc) is 2.87. The van der Waals surface area contributed by atoms with Gasteiger partial charge in [-0.15, -0.1) is 0 Å². The molecule has 0 amide bonds. The number of nitrogens with two attached hydrogens (primary N) is 1. The maximum absolute atomic E-state index is 5.84. The minimum Gasteiger partial charge on any atom is -0.378 e. The van der Waals surface area contributed by atoms with Crippen LogP contribution < -0.4 is 5.73 Å². The van der Waals surface area contributed by atoms with Crippen molar-refractivity contribution in [2.75, 3.05) is 26.2 Å². The smallest absolute Gasteiger partial charge is 0.141 e. The summed E-state index contributed by atoms with van der Waals surface area (Å²) in [5.41, 5.74) is 5.49. The van der Waals surface area contributed by atoms with Crippen LogP contribution in [0.4, 0.5) is 0 Å². The average molecular weight is 295 g/mol. The van der Waals surface area contributed by atoms with Gasteiger partial charge in [-0.05, 0) is 31.7 Å². The third-order valence-corrected chi connectivity index (χ3v) is 3.84. The number of hydrogen-bond donors (Lipinski definition) is 1. The highest BCUT2D eigenvalue weighted by molar-refractivity contribution is 4.86. The van der Waals surface area contributed by atoms with E-state index in [2.05, 4.69) is 28.8 Å². The second kappa shape index (κ2) is 8.46. The summed E-state index contributed by atoms with van der Waals surface area (Å²) in [6, 6.07) is 0. The van der Waals surface area contributed by atoms with E-state index in [1.54, 1.807) is 6.33 Å². The molecule has 1 saturated heterocycles. The Hall–Kier alpha value is -0.980. The number of rotatable bonds is 8. The van der Waals surface area contributed by atoms with Crippen molar-refractivity contribution in [1.29, 1.82) is 0 Å². The summed E-state index contributed by atoms with van der Waals surface area (Å²) in [6.07, 6.45) is 5.23. The van der Waals surface area contributed by atoms with Gasteiger partial charge in [0.15, 0.2) is 0 Å². The van der Waals surface area contributed by atoms with Crippen LogP contribution in [-0.4, -0.2) is 52.0 Å². The van der Waals surface area contributed by atoms with Crippen molar-refractivity contribution in [1.82, 2.24) is 19.7 Å². The Morgan fingerprint density at radius 3 is 2.81 bits per heavy atom. The Bertz CT molecular complexity index is 399. The Morgan fingerprint density at radius 1 is 1.38 bits per heavy atom. The van der Waals surface area contributed by atoms with E-state index in [9.17, 15) is 0 Å². The Labute approximate surface area is 127 Å². The molecule has 0 atom stereocenters. The van der Waals surface area contributed by atoms with Gasteiger partial charge in [-0.1, -0.05) is 13.8 Å². The van der Waals surface area contributed by atoms with Crippen molar-refractivity contribution < 1.29 is 4.74 Å². The van der Waals surface area contributed by atoms with Gasteiger partial charge in [0.1, 0.15) is 12.2 Å². The summed E-state index contributed by atoms with van der Waals surface area (Å²) in [7, 11) is 0. The summed E-state index contributed by atoms with van der Waals surface area (Å²) in [6.45, 7) is 9.89. The largest absolute Gasteiger partial charge is 0.378 e. The quantitative estimate of drug-likeness (QED) is 0.731. The molecule has 2 heterocycles. The van der Waals surface area contributed by atoms with Crippen LogP contribution in [0.15, 0.2) is 6.33 Å². The molecule has 0 radical (unpaired) electrons. The topological polar surface area (TPSA) is 69.2 Å². The van der Waals surface area contributed by atoms with Crippen LogP contribution in [-0.2, 0) is 17.8 Å². The molecule has 0 spiro atoms. The summed E-state index contributed by atoms with van der Waals surface area (Å²) >= 11 is 0. The maximum atomic E-state index is 5.84. The molecular formula is C15H29N5O. The molecule has 120 valence electrons. The fourth-order valence-electron chi connectivity index (χ4n) is 2.68. The highest BCUT2D eigenvalue weighted by Crippen LogP contribution is 2.16. The van der Waals surface area contributed by atoms with Gasteiger partial charge >= 0.3 is 0 Å². The number of nitrogens with zero attached hydrogens (tertiary/aromatic N) is 4. The molecule has 1 aliphatic heterocycles. The van der Waals surface area contributed by atoms with E-state index in [4.69, 9.17) is 10.5 Å². The highest BCUT2D eigenvalue weighted by Gasteiger charge is 2.21. The number of aromatic nitrogens is 3. The molecule has 1 aliphatic rings. The Morgan fingerprint density at radius 2 is 2.14 bits per heavy atom. The van der Waals surface area contributed by atoms with Crippen molar-refractivity contribution in [2.24, 2.45) is 11.7 Å². The number of ether oxygens (including phenoxy) is 1. The lowest BCUT2D eigenvalue weighted by Gasteiger charge is -2.31. The third kappa shape index (κ3) is 5.37. The van der Waals surface area contributed by atoms with E-state index >= 15 is 0 Å². The van der Waals surface area contributed by atoms with E-state index in [1.807, 2.05) is 4.68 Å². The van der Waals surface area contributed by atoms with E-state index < -0.39 is 0 Å². The zero-order valence-electron chi connectivity index (χ0n) is 13.4. The lowest BCUT2D eigenvalue weighted by molar-refractivity contribution is 0.00488. The molecule has 1 aromatic rings. The van der Waals surface area contributed by atoms with Crippen molar-refractivity contribution in [3.63, 3.8) is 0 Å². The van der Waals surface area contributed by atoms with E-state index in [0.29, 0.717) is 18.6 Å². The van der Waals surface area contributed by atoms with Gasteiger partial charge < -0.3 is 10.5 Å². The lowest BCUT2D eigenvalue weighted by Crippen LogP contribution is -2.37. The minimum atomic E-state index is 0.404. The first-order valence-electron chi connectivity index (χ1n) is 8.09. The first-order chi connectivity index (χ1) is 10.2. The minimum absolute atomic E-state index is 0.404. The zero-order valence-corrected chi connectivity index (χ0v) is 13.4. The molecule has 6 nitrogen and oxygen atoms in total. The van der Waals surface area contributed by atoms with Crippen LogP contribution in [0.2, 0.25) is 0 Å². The van der Waals surface area contributed by atoms with Gasteiger partial charge in [0, 0.05) is 26.2 Å². The molecule has 0 saturated carbocycles. The maximum Gasteiger partial charge on any atom is 0.141 e. The van der Waals surface area contributed by atoms with Crippen LogP contribution in [0, 0.1) is 5.92 Å². The Balaban J connectivity index is 1.74. The lowest BCUT2D eigenvalue weighted by atomic mass is 10.1. The number of piperidine rings is 1. The van der Waals surface area contributed by atoms with Gasteiger partial charge in [-0.25, -0.2) is 9.67 Å². The van der Waals surface area contributed by atoms with Crippen molar-refractivity contribution in [3.05, 3.63) is 12.2 Å². The highest BCUT2D eigenvalue weighted by atomic mass is 16.5. The van der Waals surface area contributed by atoms with Gasteiger partial charge in [0.05, 0.1) is 12.6 Å². The molecule has 0 bridgehead atoms. The van der Waals surface area contributed by atoms with Crippen LogP contribution in [0.5, 0.6) is 0 Å². The van der Waals surface area contributed by atoms with E-state index in [1.165, 1.54) is 0 Å². The molecule has 0 unspecified atom stereocenters. The van der Waals surface area contributed by atoms with Crippen LogP contribution in [0.25, 0.3) is 0 Å². The molecule has 21 heavy (non-hydrogen) atoms. The predicted octanol–water partition coefficient (Wildman–Crippen LogP) is 1.26. The molecular weight excluding hydrogens is 266 g/mol. The van der Waals surface area contributed by atoms with Crippen LogP contribution in [0.3, 0.4) is 0 Å². The summed E-state index contributed by atoms with van der Waals surface area (Å²) in [4.78, 5) is 6.86. The molecule has 2 N–H and O–H groups in total. The van der Waals surface area contributed by atoms with Crippen molar-refractivity contribution >= 4 is 0 Å². The van der Waals surface area contributed by atoms with E-state index in [0.717, 1.165) is 57.9 Å². The Kier molecular flexibility index (Phi) is 6.60. The molecule has 2 rings (SSSR count). The van der Waals surface area contributed by atoms with Crippen LogP contribution >= 0.6 is 0 Å². The van der Waals surface area contributed by atoms with E-state index in [-0.39, 0.29) is 0 Å². The first-order valence-corrected chi connectivity index (χ1v) is 8.09. The third-order valence-electron chi connectivity index (χ3n) is 3.84. The normalized spacial score (nSPS) is 17.7. The van der Waals surface area contributed by atoms with Crippen molar-refractivity contribution in [3.8, 4) is 0 Å². The fraction of sp³-hybridized carbons (Fsp3) is 0.867. The first kappa shape index (κ1) is 16.4. The molecule has 6 heteroatoms. The predicted molar refractivity (Wildman–Crippen MR) is 82.8 cm³/mol. The van der Waals surface area contributed by atoms with Crippen molar-refractivity contribution in [2.45, 2.75) is 52.3 Å². The standard InChI is InChI=1S/C15H29N5O/c1-13(2)10-20-15(17-12-18-20)11-19-7-4-14(5-8-19)21-9-3-6-16/h12-14H,3-11,16H2,1-2H3. The van der Waals surface area contributed by atoms with Gasteiger partial charge in [0.25, 0.3) is 0 Å². The monoisotopic (exact) mass is 295 g/mol.